The van der Waals surface area contributed by atoms with Crippen LogP contribution in [0.3, 0.4) is 0 Å². The van der Waals surface area contributed by atoms with E-state index in [2.05, 4.69) is 6.92 Å². The van der Waals surface area contributed by atoms with Crippen molar-refractivity contribution in [1.29, 1.82) is 0 Å². The third kappa shape index (κ3) is 2.44. The van der Waals surface area contributed by atoms with Crippen molar-refractivity contribution in [1.82, 2.24) is 0 Å². The maximum atomic E-state index is 14.0. The first-order valence-electron chi connectivity index (χ1n) is 6.18. The Morgan fingerprint density at radius 3 is 2.82 bits per heavy atom. The van der Waals surface area contributed by atoms with Gasteiger partial charge in [-0.2, -0.15) is 0 Å². The van der Waals surface area contributed by atoms with E-state index in [1.807, 2.05) is 0 Å². The summed E-state index contributed by atoms with van der Waals surface area (Å²) in [6.45, 7) is 2.18. The summed E-state index contributed by atoms with van der Waals surface area (Å²) in [5.74, 6) is 0.856. The maximum Gasteiger partial charge on any atom is 0.131 e. The van der Waals surface area contributed by atoms with E-state index in [4.69, 9.17) is 10.5 Å². The fourth-order valence-electron chi connectivity index (χ4n) is 2.86. The Hall–Kier alpha value is -1.09. The average Bonchev–Trinajstić information content (AvgIpc) is 2.28. The molecule has 17 heavy (non-hydrogen) atoms. The number of hydrogen-bond donors (Lipinski definition) is 1. The smallest absolute Gasteiger partial charge is 0.131 e. The van der Waals surface area contributed by atoms with Gasteiger partial charge in [-0.05, 0) is 24.8 Å². The predicted molar refractivity (Wildman–Crippen MR) is 66.4 cm³/mol. The van der Waals surface area contributed by atoms with Gasteiger partial charge in [0.15, 0.2) is 0 Å². The summed E-state index contributed by atoms with van der Waals surface area (Å²) in [6, 6.07) is 4.97. The summed E-state index contributed by atoms with van der Waals surface area (Å²) < 4.78 is 19.0. The molecule has 2 atom stereocenters. The van der Waals surface area contributed by atoms with Crippen LogP contribution in [0, 0.1) is 11.7 Å². The van der Waals surface area contributed by atoms with Gasteiger partial charge >= 0.3 is 0 Å². The van der Waals surface area contributed by atoms with Gasteiger partial charge in [-0.25, -0.2) is 4.39 Å². The first kappa shape index (κ1) is 12.4. The zero-order valence-electron chi connectivity index (χ0n) is 10.5. The molecule has 2 unspecified atom stereocenters. The van der Waals surface area contributed by atoms with Crippen LogP contribution in [-0.4, -0.2) is 7.11 Å². The van der Waals surface area contributed by atoms with Crippen LogP contribution in [0.5, 0.6) is 5.75 Å². The average molecular weight is 237 g/mol. The van der Waals surface area contributed by atoms with Gasteiger partial charge < -0.3 is 10.5 Å². The Bertz CT molecular complexity index is 407. The number of nitrogens with two attached hydrogens (primary N) is 1. The molecule has 1 aromatic rings. The number of hydrogen-bond acceptors (Lipinski definition) is 2. The first-order valence-corrected chi connectivity index (χ1v) is 6.18. The molecule has 3 heteroatoms. The fraction of sp³-hybridized carbons (Fsp3) is 0.571. The third-order valence-electron chi connectivity index (χ3n) is 3.75. The van der Waals surface area contributed by atoms with E-state index in [-0.39, 0.29) is 5.82 Å². The number of rotatable bonds is 2. The van der Waals surface area contributed by atoms with E-state index in [0.717, 1.165) is 19.3 Å². The fourth-order valence-corrected chi connectivity index (χ4v) is 2.86. The zero-order chi connectivity index (χ0) is 12.5. The van der Waals surface area contributed by atoms with Gasteiger partial charge in [0, 0.05) is 17.2 Å². The highest BCUT2D eigenvalue weighted by Gasteiger charge is 2.34. The minimum Gasteiger partial charge on any atom is -0.497 e. The van der Waals surface area contributed by atoms with Crippen LogP contribution in [0.25, 0.3) is 0 Å². The van der Waals surface area contributed by atoms with Crippen molar-refractivity contribution in [3.8, 4) is 5.75 Å². The lowest BCUT2D eigenvalue weighted by Crippen LogP contribution is -2.41. The number of benzene rings is 1. The highest BCUT2D eigenvalue weighted by molar-refractivity contribution is 5.33. The van der Waals surface area contributed by atoms with Crippen LogP contribution in [0.4, 0.5) is 4.39 Å². The summed E-state index contributed by atoms with van der Waals surface area (Å²) in [5.41, 5.74) is 6.51. The molecule has 1 aromatic carbocycles. The van der Waals surface area contributed by atoms with E-state index in [1.54, 1.807) is 12.1 Å². The zero-order valence-corrected chi connectivity index (χ0v) is 10.5. The molecule has 0 saturated heterocycles. The van der Waals surface area contributed by atoms with Crippen molar-refractivity contribution in [3.05, 3.63) is 29.6 Å². The third-order valence-corrected chi connectivity index (χ3v) is 3.75. The minimum absolute atomic E-state index is 0.249. The highest BCUT2D eigenvalue weighted by atomic mass is 19.1. The summed E-state index contributed by atoms with van der Waals surface area (Å²) in [5, 5.41) is 0. The number of ether oxygens (including phenoxy) is 1. The molecule has 0 heterocycles. The minimum atomic E-state index is -0.506. The largest absolute Gasteiger partial charge is 0.497 e. The van der Waals surface area contributed by atoms with E-state index in [9.17, 15) is 4.39 Å². The lowest BCUT2D eigenvalue weighted by Gasteiger charge is -2.37. The van der Waals surface area contributed by atoms with Gasteiger partial charge in [-0.3, -0.25) is 0 Å². The lowest BCUT2D eigenvalue weighted by molar-refractivity contribution is 0.233. The molecule has 0 aliphatic heterocycles. The van der Waals surface area contributed by atoms with Gasteiger partial charge in [-0.1, -0.05) is 25.8 Å². The van der Waals surface area contributed by atoms with Gasteiger partial charge in [-0.15, -0.1) is 0 Å². The van der Waals surface area contributed by atoms with Gasteiger partial charge in [0.25, 0.3) is 0 Å². The quantitative estimate of drug-likeness (QED) is 0.857. The van der Waals surface area contributed by atoms with Crippen LogP contribution in [0.15, 0.2) is 18.2 Å². The molecule has 0 bridgehead atoms. The molecular weight excluding hydrogens is 217 g/mol. The first-order chi connectivity index (χ1) is 8.05. The predicted octanol–water partition coefficient (Wildman–Crippen LogP) is 3.20. The number of halogens is 1. The second-order valence-corrected chi connectivity index (χ2v) is 5.20. The molecule has 1 aliphatic carbocycles. The second-order valence-electron chi connectivity index (χ2n) is 5.20. The molecule has 0 aromatic heterocycles. The Balaban J connectivity index is 2.32. The standard InChI is InChI=1S/C14H20FNO/c1-10-4-3-7-14(16,9-10)12-6-5-11(17-2)8-13(12)15/h5-6,8,10H,3-4,7,9,16H2,1-2H3. The summed E-state index contributed by atoms with van der Waals surface area (Å²) >= 11 is 0. The van der Waals surface area contributed by atoms with E-state index >= 15 is 0 Å². The Morgan fingerprint density at radius 2 is 2.24 bits per heavy atom. The van der Waals surface area contributed by atoms with Crippen molar-refractivity contribution < 1.29 is 9.13 Å². The maximum absolute atomic E-state index is 14.0. The van der Waals surface area contributed by atoms with Gasteiger partial charge in [0.2, 0.25) is 0 Å². The van der Waals surface area contributed by atoms with E-state index in [0.29, 0.717) is 17.2 Å². The van der Waals surface area contributed by atoms with Crippen molar-refractivity contribution in [3.63, 3.8) is 0 Å². The van der Waals surface area contributed by atoms with Crippen molar-refractivity contribution >= 4 is 0 Å². The van der Waals surface area contributed by atoms with Crippen LogP contribution >= 0.6 is 0 Å². The summed E-state index contributed by atoms with van der Waals surface area (Å²) in [7, 11) is 1.54. The van der Waals surface area contributed by atoms with Crippen LogP contribution in [-0.2, 0) is 5.54 Å². The molecule has 2 N–H and O–H groups in total. The van der Waals surface area contributed by atoms with Crippen molar-refractivity contribution in [2.45, 2.75) is 38.1 Å². The van der Waals surface area contributed by atoms with Crippen molar-refractivity contribution in [2.75, 3.05) is 7.11 Å². The number of methoxy groups -OCH3 is 1. The molecule has 94 valence electrons. The molecule has 1 fully saturated rings. The lowest BCUT2D eigenvalue weighted by atomic mass is 9.73. The van der Waals surface area contributed by atoms with Gasteiger partial charge in [0.05, 0.1) is 7.11 Å². The van der Waals surface area contributed by atoms with Crippen LogP contribution < -0.4 is 10.5 Å². The molecular formula is C14H20FNO. The van der Waals surface area contributed by atoms with Crippen LogP contribution in [0.2, 0.25) is 0 Å². The van der Waals surface area contributed by atoms with Crippen LogP contribution in [0.1, 0.15) is 38.2 Å². The molecule has 2 nitrogen and oxygen atoms in total. The monoisotopic (exact) mass is 237 g/mol. The molecule has 0 radical (unpaired) electrons. The highest BCUT2D eigenvalue weighted by Crippen LogP contribution is 2.39. The Morgan fingerprint density at radius 1 is 1.47 bits per heavy atom. The topological polar surface area (TPSA) is 35.2 Å². The van der Waals surface area contributed by atoms with E-state index < -0.39 is 5.54 Å². The molecule has 0 spiro atoms. The Labute approximate surface area is 102 Å². The summed E-state index contributed by atoms with van der Waals surface area (Å²) in [4.78, 5) is 0. The molecule has 1 aliphatic rings. The Kier molecular flexibility index (Phi) is 3.38. The van der Waals surface area contributed by atoms with Crippen molar-refractivity contribution in [2.24, 2.45) is 11.7 Å². The van der Waals surface area contributed by atoms with Gasteiger partial charge in [0.1, 0.15) is 11.6 Å². The normalized spacial score (nSPS) is 29.1. The molecule has 2 rings (SSSR count). The van der Waals surface area contributed by atoms with E-state index in [1.165, 1.54) is 19.6 Å². The SMILES string of the molecule is COc1ccc(C2(N)CCCC(C)C2)c(F)c1. The summed E-state index contributed by atoms with van der Waals surface area (Å²) in [6.07, 6.45) is 3.98. The molecule has 1 saturated carbocycles. The second kappa shape index (κ2) is 4.65. The molecule has 0 amide bonds.